The van der Waals surface area contributed by atoms with Crippen LogP contribution in [0.2, 0.25) is 0 Å². The van der Waals surface area contributed by atoms with E-state index in [0.717, 1.165) is 16.7 Å². The summed E-state index contributed by atoms with van der Waals surface area (Å²) in [4.78, 5) is 28.5. The first-order valence-electron chi connectivity index (χ1n) is 9.00. The summed E-state index contributed by atoms with van der Waals surface area (Å²) >= 11 is 5.94. The van der Waals surface area contributed by atoms with Gasteiger partial charge in [-0.3, -0.25) is 14.5 Å². The van der Waals surface area contributed by atoms with Crippen molar-refractivity contribution in [3.63, 3.8) is 0 Å². The van der Waals surface area contributed by atoms with E-state index in [0.29, 0.717) is 12.1 Å². The fraction of sp³-hybridized carbons (Fsp3) is 0.200. The van der Waals surface area contributed by atoms with Gasteiger partial charge in [-0.15, -0.1) is 0 Å². The summed E-state index contributed by atoms with van der Waals surface area (Å²) in [6, 6.07) is 5.17. The number of carbonyl (C=O) groups excluding carboxylic acids is 1. The molecule has 2 heterocycles. The number of thiocarbonyl (C=S) groups is 1. The molecule has 33 heavy (non-hydrogen) atoms. The van der Waals surface area contributed by atoms with Crippen LogP contribution in [-0.2, 0) is 21.9 Å². The number of nitrogens with zero attached hydrogens (tertiary/aromatic N) is 2. The van der Waals surface area contributed by atoms with Crippen molar-refractivity contribution in [3.05, 3.63) is 58.1 Å². The largest absolute Gasteiger partial charge is 0.481 e. The van der Waals surface area contributed by atoms with Crippen molar-refractivity contribution >= 4 is 46.3 Å². The highest BCUT2D eigenvalue weighted by atomic mass is 32.2. The lowest BCUT2D eigenvalue weighted by molar-refractivity contribution is -0.143. The highest BCUT2D eigenvalue weighted by molar-refractivity contribution is 8.26. The summed E-state index contributed by atoms with van der Waals surface area (Å²) < 4.78 is 79.0. The summed E-state index contributed by atoms with van der Waals surface area (Å²) in [7, 11) is 0. The third-order valence-corrected chi connectivity index (χ3v) is 5.73. The molecule has 0 aliphatic carbocycles. The lowest BCUT2D eigenvalue weighted by Gasteiger charge is -2.14. The maximum absolute atomic E-state index is 13.1. The molecule has 1 amide bonds. The maximum atomic E-state index is 13.1. The van der Waals surface area contributed by atoms with Gasteiger partial charge < -0.3 is 5.11 Å². The molecule has 1 aromatic carbocycles. The number of pyridine rings is 1. The molecule has 3 rings (SSSR count). The first-order chi connectivity index (χ1) is 15.3. The minimum atomic E-state index is -5.00. The van der Waals surface area contributed by atoms with Crippen LogP contribution in [0.4, 0.5) is 26.3 Å². The second kappa shape index (κ2) is 9.14. The van der Waals surface area contributed by atoms with Gasteiger partial charge in [-0.1, -0.05) is 30.0 Å². The van der Waals surface area contributed by atoms with Crippen LogP contribution in [0.3, 0.4) is 0 Å². The number of hydrogen-bond donors (Lipinski definition) is 1. The molecule has 1 N–H and O–H groups in total. The van der Waals surface area contributed by atoms with Gasteiger partial charge in [0.15, 0.2) is 0 Å². The number of amides is 1. The number of halogens is 6. The van der Waals surface area contributed by atoms with E-state index in [1.165, 1.54) is 24.3 Å². The Labute approximate surface area is 192 Å². The lowest BCUT2D eigenvalue weighted by atomic mass is 10.0. The monoisotopic (exact) mass is 506 g/mol. The highest BCUT2D eigenvalue weighted by Gasteiger charge is 2.37. The SMILES string of the molecule is O=C(O)CCN1C(=O)/C(=C/c2cccc(-c3cc(C(F)(F)F)cc(C(F)(F)F)c3)n2)SC1=S. The maximum Gasteiger partial charge on any atom is 0.416 e. The Morgan fingerprint density at radius 1 is 1.09 bits per heavy atom. The van der Waals surface area contributed by atoms with Gasteiger partial charge >= 0.3 is 18.3 Å². The van der Waals surface area contributed by atoms with E-state index in [9.17, 15) is 35.9 Å². The molecule has 13 heteroatoms. The zero-order valence-corrected chi connectivity index (χ0v) is 17.8. The van der Waals surface area contributed by atoms with Gasteiger partial charge in [0.1, 0.15) is 4.32 Å². The van der Waals surface area contributed by atoms with Gasteiger partial charge in [0, 0.05) is 12.1 Å². The summed E-state index contributed by atoms with van der Waals surface area (Å²) in [6.45, 7) is -0.144. The summed E-state index contributed by atoms with van der Waals surface area (Å²) in [6.07, 6.45) is -9.05. The number of aromatic nitrogens is 1. The van der Waals surface area contributed by atoms with Crippen molar-refractivity contribution in [1.82, 2.24) is 9.88 Å². The van der Waals surface area contributed by atoms with Crippen molar-refractivity contribution in [2.75, 3.05) is 6.54 Å². The van der Waals surface area contributed by atoms with Crippen LogP contribution < -0.4 is 0 Å². The molecule has 0 unspecified atom stereocenters. The molecule has 0 bridgehead atoms. The molecule has 1 saturated heterocycles. The molecule has 1 fully saturated rings. The summed E-state index contributed by atoms with van der Waals surface area (Å²) in [5, 5.41) is 8.77. The third-order valence-electron chi connectivity index (χ3n) is 4.36. The Kier molecular flexibility index (Phi) is 6.84. The number of carboxylic acid groups (broad SMARTS) is 1. The molecule has 0 atom stereocenters. The van der Waals surface area contributed by atoms with E-state index in [2.05, 4.69) is 4.98 Å². The molecule has 1 aliphatic rings. The van der Waals surface area contributed by atoms with Gasteiger partial charge in [-0.25, -0.2) is 4.98 Å². The van der Waals surface area contributed by atoms with Crippen LogP contribution in [0.1, 0.15) is 23.2 Å². The molecular weight excluding hydrogens is 494 g/mol. The second-order valence-corrected chi connectivity index (χ2v) is 8.40. The normalized spacial score (nSPS) is 16.1. The van der Waals surface area contributed by atoms with Crippen molar-refractivity contribution in [1.29, 1.82) is 0 Å². The number of benzene rings is 1. The zero-order chi connectivity index (χ0) is 24.6. The molecule has 0 spiro atoms. The fourth-order valence-electron chi connectivity index (χ4n) is 2.83. The van der Waals surface area contributed by atoms with Gasteiger partial charge in [0.25, 0.3) is 5.91 Å². The molecule has 1 aromatic heterocycles. The van der Waals surface area contributed by atoms with Crippen LogP contribution >= 0.6 is 24.0 Å². The Hall–Kier alpha value is -2.93. The van der Waals surface area contributed by atoms with Gasteiger partial charge in [0.05, 0.1) is 33.8 Å². The third kappa shape index (κ3) is 5.90. The quantitative estimate of drug-likeness (QED) is 0.330. The van der Waals surface area contributed by atoms with E-state index < -0.39 is 40.9 Å². The van der Waals surface area contributed by atoms with E-state index in [-0.39, 0.29) is 39.6 Å². The number of aliphatic carboxylic acids is 1. The number of carboxylic acids is 1. The Bertz CT molecular complexity index is 1130. The summed E-state index contributed by atoms with van der Waals surface area (Å²) in [5.41, 5.74) is -3.42. The van der Waals surface area contributed by atoms with Crippen LogP contribution in [0.15, 0.2) is 41.3 Å². The number of hydrogen-bond acceptors (Lipinski definition) is 5. The number of thioether (sulfide) groups is 1. The minimum Gasteiger partial charge on any atom is -0.481 e. The number of rotatable bonds is 5. The molecule has 0 saturated carbocycles. The average Bonchev–Trinajstić information content (AvgIpc) is 2.97. The van der Waals surface area contributed by atoms with E-state index in [1.54, 1.807) is 0 Å². The Morgan fingerprint density at radius 2 is 1.70 bits per heavy atom. The van der Waals surface area contributed by atoms with Gasteiger partial charge in [-0.2, -0.15) is 26.3 Å². The number of carbonyl (C=O) groups is 2. The van der Waals surface area contributed by atoms with Crippen LogP contribution in [0, 0.1) is 0 Å². The van der Waals surface area contributed by atoms with Crippen molar-refractivity contribution in [3.8, 4) is 11.3 Å². The zero-order valence-electron chi connectivity index (χ0n) is 16.2. The molecule has 174 valence electrons. The Balaban J connectivity index is 1.97. The number of alkyl halides is 6. The van der Waals surface area contributed by atoms with Crippen molar-refractivity contribution < 1.29 is 41.0 Å². The molecule has 1 aliphatic heterocycles. The summed E-state index contributed by atoms with van der Waals surface area (Å²) in [5.74, 6) is -1.70. The predicted octanol–water partition coefficient (Wildman–Crippen LogP) is 5.46. The fourth-order valence-corrected chi connectivity index (χ4v) is 4.12. The molecule has 5 nitrogen and oxygen atoms in total. The van der Waals surface area contributed by atoms with Gasteiger partial charge in [0.2, 0.25) is 0 Å². The first kappa shape index (κ1) is 24.7. The minimum absolute atomic E-state index is 0.0236. The van der Waals surface area contributed by atoms with Crippen LogP contribution in [0.25, 0.3) is 17.3 Å². The standard InChI is InChI=1S/C20H12F6N2O3S2/c21-19(22,23)11-6-10(7-12(8-11)20(24,25)26)14-3-1-2-13(27-14)9-15-17(31)28(18(32)33-15)5-4-16(29)30/h1-3,6-9H,4-5H2,(H,29,30)/b15-9-. The predicted molar refractivity (Wildman–Crippen MR) is 112 cm³/mol. The smallest absolute Gasteiger partial charge is 0.416 e. The lowest BCUT2D eigenvalue weighted by Crippen LogP contribution is -2.30. The van der Waals surface area contributed by atoms with Crippen LogP contribution in [-0.4, -0.2) is 37.7 Å². The molecular formula is C20H12F6N2O3S2. The molecule has 0 radical (unpaired) electrons. The topological polar surface area (TPSA) is 70.5 Å². The van der Waals surface area contributed by atoms with Crippen molar-refractivity contribution in [2.45, 2.75) is 18.8 Å². The van der Waals surface area contributed by atoms with Crippen LogP contribution in [0.5, 0.6) is 0 Å². The van der Waals surface area contributed by atoms with E-state index in [1.807, 2.05) is 0 Å². The van der Waals surface area contributed by atoms with Gasteiger partial charge in [-0.05, 0) is 36.4 Å². The van der Waals surface area contributed by atoms with E-state index >= 15 is 0 Å². The molecule has 2 aromatic rings. The first-order valence-corrected chi connectivity index (χ1v) is 10.2. The van der Waals surface area contributed by atoms with E-state index in [4.69, 9.17) is 17.3 Å². The Morgan fingerprint density at radius 3 is 2.24 bits per heavy atom. The highest BCUT2D eigenvalue weighted by Crippen LogP contribution is 2.38. The second-order valence-electron chi connectivity index (χ2n) is 6.72. The van der Waals surface area contributed by atoms with Crippen molar-refractivity contribution in [2.24, 2.45) is 0 Å². The average molecular weight is 506 g/mol.